The Morgan fingerprint density at radius 3 is 2.33 bits per heavy atom. The molecule has 5 heteroatoms. The molecule has 1 aromatic carbocycles. The highest BCUT2D eigenvalue weighted by molar-refractivity contribution is 7.09. The summed E-state index contributed by atoms with van der Waals surface area (Å²) in [4.78, 5) is 21.5. The highest BCUT2D eigenvalue weighted by Gasteiger charge is 2.33. The Balaban J connectivity index is 1.68. The molecule has 1 aliphatic rings. The topological polar surface area (TPSA) is 36.4 Å². The predicted octanol–water partition coefficient (Wildman–Crippen LogP) is 3.67. The van der Waals surface area contributed by atoms with Crippen LogP contribution in [0.25, 0.3) is 11.3 Å². The van der Waals surface area contributed by atoms with E-state index in [0.29, 0.717) is 0 Å². The Hall–Kier alpha value is -1.72. The van der Waals surface area contributed by atoms with E-state index in [-0.39, 0.29) is 11.4 Å². The summed E-state index contributed by atoms with van der Waals surface area (Å²) < 4.78 is 0. The summed E-state index contributed by atoms with van der Waals surface area (Å²) >= 11 is 1.64. The molecule has 2 heterocycles. The van der Waals surface area contributed by atoms with E-state index >= 15 is 0 Å². The fourth-order valence-electron chi connectivity index (χ4n) is 3.10. The second kappa shape index (κ2) is 6.65. The first kappa shape index (κ1) is 17.1. The zero-order chi connectivity index (χ0) is 17.3. The lowest BCUT2D eigenvalue weighted by Gasteiger charge is -2.43. The smallest absolute Gasteiger partial charge is 0.253 e. The van der Waals surface area contributed by atoms with Crippen LogP contribution in [0.1, 0.15) is 35.1 Å². The summed E-state index contributed by atoms with van der Waals surface area (Å²) in [6.07, 6.45) is 2.03. The molecule has 128 valence electrons. The van der Waals surface area contributed by atoms with Gasteiger partial charge in [0.25, 0.3) is 5.91 Å². The van der Waals surface area contributed by atoms with Crippen molar-refractivity contribution in [2.24, 2.45) is 0 Å². The summed E-state index contributed by atoms with van der Waals surface area (Å²) in [5.74, 6) is 0.136. The van der Waals surface area contributed by atoms with Crippen molar-refractivity contribution in [3.8, 4) is 11.3 Å². The van der Waals surface area contributed by atoms with Crippen LogP contribution in [-0.2, 0) is 0 Å². The maximum atomic E-state index is 12.7. The van der Waals surface area contributed by atoms with E-state index in [4.69, 9.17) is 0 Å². The summed E-state index contributed by atoms with van der Waals surface area (Å²) in [6, 6.07) is 7.84. The van der Waals surface area contributed by atoms with Crippen LogP contribution >= 0.6 is 11.3 Å². The largest absolute Gasteiger partial charge is 0.339 e. The monoisotopic (exact) mass is 343 g/mol. The summed E-state index contributed by atoms with van der Waals surface area (Å²) in [6.45, 7) is 5.92. The van der Waals surface area contributed by atoms with E-state index in [2.05, 4.69) is 36.3 Å². The fourth-order valence-corrected chi connectivity index (χ4v) is 3.72. The molecule has 24 heavy (non-hydrogen) atoms. The van der Waals surface area contributed by atoms with Gasteiger partial charge in [0.1, 0.15) is 0 Å². The maximum absolute atomic E-state index is 12.7. The molecule has 0 N–H and O–H groups in total. The fraction of sp³-hybridized carbons (Fsp3) is 0.474. The molecule has 1 aromatic heterocycles. The van der Waals surface area contributed by atoms with Gasteiger partial charge in [-0.3, -0.25) is 4.79 Å². The van der Waals surface area contributed by atoms with E-state index in [1.807, 2.05) is 36.1 Å². The van der Waals surface area contributed by atoms with Gasteiger partial charge in [0, 0.05) is 35.1 Å². The molecule has 0 spiro atoms. The number of amides is 1. The van der Waals surface area contributed by atoms with Crippen LogP contribution in [-0.4, -0.2) is 53.4 Å². The second-order valence-electron chi connectivity index (χ2n) is 7.01. The Morgan fingerprint density at radius 2 is 1.83 bits per heavy atom. The number of piperidine rings is 1. The third kappa shape index (κ3) is 3.37. The molecule has 3 rings (SSSR count). The van der Waals surface area contributed by atoms with Crippen molar-refractivity contribution < 1.29 is 4.79 Å². The molecule has 1 fully saturated rings. The molecular weight excluding hydrogens is 318 g/mol. The number of benzene rings is 1. The molecule has 0 saturated carbocycles. The SMILES string of the molecule is Cc1nc(-c2ccc(C(=O)N3CCC(C)(N(C)C)CC3)cc2)cs1. The minimum absolute atomic E-state index is 0.136. The van der Waals surface area contributed by atoms with Gasteiger partial charge < -0.3 is 9.80 Å². The molecule has 2 aromatic rings. The Morgan fingerprint density at radius 1 is 1.21 bits per heavy atom. The van der Waals surface area contributed by atoms with Gasteiger partial charge in [-0.25, -0.2) is 4.98 Å². The van der Waals surface area contributed by atoms with Crippen LogP contribution in [0.2, 0.25) is 0 Å². The second-order valence-corrected chi connectivity index (χ2v) is 8.07. The molecule has 1 aliphatic heterocycles. The summed E-state index contributed by atoms with van der Waals surface area (Å²) in [5.41, 5.74) is 3.01. The maximum Gasteiger partial charge on any atom is 0.253 e. The lowest BCUT2D eigenvalue weighted by atomic mass is 9.88. The van der Waals surface area contributed by atoms with E-state index in [1.54, 1.807) is 11.3 Å². The highest BCUT2D eigenvalue weighted by atomic mass is 32.1. The number of thiazole rings is 1. The Labute approximate surface area is 148 Å². The van der Waals surface area contributed by atoms with Gasteiger partial charge in [-0.05, 0) is 52.9 Å². The van der Waals surface area contributed by atoms with Gasteiger partial charge >= 0.3 is 0 Å². The molecular formula is C19H25N3OS. The van der Waals surface area contributed by atoms with Crippen LogP contribution < -0.4 is 0 Å². The zero-order valence-electron chi connectivity index (χ0n) is 14.9. The van der Waals surface area contributed by atoms with Crippen LogP contribution in [0, 0.1) is 6.92 Å². The number of hydrogen-bond acceptors (Lipinski definition) is 4. The lowest BCUT2D eigenvalue weighted by molar-refractivity contribution is 0.0494. The average Bonchev–Trinajstić information content (AvgIpc) is 3.01. The summed E-state index contributed by atoms with van der Waals surface area (Å²) in [7, 11) is 4.24. The number of aryl methyl sites for hydroxylation is 1. The normalized spacial score (nSPS) is 17.3. The van der Waals surface area contributed by atoms with E-state index in [0.717, 1.165) is 47.8 Å². The molecule has 0 aliphatic carbocycles. The van der Waals surface area contributed by atoms with Crippen LogP contribution in [0.3, 0.4) is 0 Å². The van der Waals surface area contributed by atoms with Gasteiger partial charge in [-0.1, -0.05) is 12.1 Å². The van der Waals surface area contributed by atoms with Crippen LogP contribution in [0.15, 0.2) is 29.6 Å². The number of likely N-dealkylation sites (tertiary alicyclic amines) is 1. The van der Waals surface area contributed by atoms with Crippen molar-refractivity contribution in [3.05, 3.63) is 40.2 Å². The quantitative estimate of drug-likeness (QED) is 0.853. The molecule has 0 bridgehead atoms. The number of nitrogens with zero attached hydrogens (tertiary/aromatic N) is 3. The average molecular weight is 343 g/mol. The molecule has 0 radical (unpaired) electrons. The van der Waals surface area contributed by atoms with Crippen molar-refractivity contribution >= 4 is 17.2 Å². The van der Waals surface area contributed by atoms with Crippen LogP contribution in [0.5, 0.6) is 0 Å². The van der Waals surface area contributed by atoms with Gasteiger partial charge in [0.2, 0.25) is 0 Å². The van der Waals surface area contributed by atoms with E-state index in [9.17, 15) is 4.79 Å². The Kier molecular flexibility index (Phi) is 4.74. The minimum atomic E-state index is 0.136. The first-order valence-electron chi connectivity index (χ1n) is 8.38. The van der Waals surface area contributed by atoms with Crippen molar-refractivity contribution in [1.82, 2.24) is 14.8 Å². The van der Waals surface area contributed by atoms with Crippen molar-refractivity contribution in [2.75, 3.05) is 27.2 Å². The molecule has 0 unspecified atom stereocenters. The van der Waals surface area contributed by atoms with Gasteiger partial charge in [0.15, 0.2) is 0 Å². The number of carbonyl (C=O) groups excluding carboxylic acids is 1. The minimum Gasteiger partial charge on any atom is -0.339 e. The molecule has 4 nitrogen and oxygen atoms in total. The van der Waals surface area contributed by atoms with Gasteiger partial charge in [-0.15, -0.1) is 11.3 Å². The van der Waals surface area contributed by atoms with Gasteiger partial charge in [0.05, 0.1) is 10.7 Å². The number of hydrogen-bond donors (Lipinski definition) is 0. The first-order valence-corrected chi connectivity index (χ1v) is 9.26. The van der Waals surface area contributed by atoms with E-state index < -0.39 is 0 Å². The van der Waals surface area contributed by atoms with Crippen molar-refractivity contribution in [2.45, 2.75) is 32.2 Å². The Bertz CT molecular complexity index is 712. The number of rotatable bonds is 3. The number of aromatic nitrogens is 1. The third-order valence-corrected chi connectivity index (χ3v) is 6.03. The van der Waals surface area contributed by atoms with Crippen LogP contribution in [0.4, 0.5) is 0 Å². The van der Waals surface area contributed by atoms with Crippen molar-refractivity contribution in [1.29, 1.82) is 0 Å². The zero-order valence-corrected chi connectivity index (χ0v) is 15.7. The summed E-state index contributed by atoms with van der Waals surface area (Å²) in [5, 5.41) is 3.11. The molecule has 1 saturated heterocycles. The van der Waals surface area contributed by atoms with E-state index in [1.165, 1.54) is 0 Å². The van der Waals surface area contributed by atoms with Gasteiger partial charge in [-0.2, -0.15) is 0 Å². The first-order chi connectivity index (χ1) is 11.4. The highest BCUT2D eigenvalue weighted by Crippen LogP contribution is 2.27. The predicted molar refractivity (Wildman–Crippen MR) is 99.5 cm³/mol. The van der Waals surface area contributed by atoms with Crippen molar-refractivity contribution in [3.63, 3.8) is 0 Å². The number of carbonyl (C=O) groups is 1. The molecule has 1 amide bonds. The third-order valence-electron chi connectivity index (χ3n) is 5.25. The molecule has 0 atom stereocenters. The standard InChI is InChI=1S/C19H25N3OS/c1-14-20-17(13-24-14)15-5-7-16(8-6-15)18(23)22-11-9-19(2,10-12-22)21(3)4/h5-8,13H,9-12H2,1-4H3. The lowest BCUT2D eigenvalue weighted by Crippen LogP contribution is -2.51.